The fraction of sp³-hybridized carbons (Fsp3) is 0.750. The van der Waals surface area contributed by atoms with Gasteiger partial charge in [0.1, 0.15) is 0 Å². The summed E-state index contributed by atoms with van der Waals surface area (Å²) >= 11 is -0.272. The molecular formula is C8H19CdO3P. The maximum absolute atomic E-state index is 7.23. The Hall–Kier alpha value is 0.972. The zero-order valence-electron chi connectivity index (χ0n) is 8.32. The van der Waals surface area contributed by atoms with E-state index in [0.717, 1.165) is 0 Å². The van der Waals surface area contributed by atoms with Crippen molar-refractivity contribution >= 4 is 8.60 Å². The molecule has 0 radical (unpaired) electrons. The average molecular weight is 307 g/mol. The molecule has 0 saturated carbocycles. The largest absolute Gasteiger partial charge is 0.328 e. The second-order valence-corrected chi connectivity index (χ2v) is 8.98. The van der Waals surface area contributed by atoms with E-state index in [1.54, 1.807) is 3.98 Å². The van der Waals surface area contributed by atoms with Gasteiger partial charge in [-0.25, -0.2) is 0 Å². The molecule has 0 aliphatic heterocycles. The van der Waals surface area contributed by atoms with Crippen LogP contribution >= 0.6 is 8.60 Å². The Labute approximate surface area is 94.1 Å². The van der Waals surface area contributed by atoms with Crippen molar-refractivity contribution in [3.05, 3.63) is 12.7 Å². The van der Waals surface area contributed by atoms with Gasteiger partial charge in [0.2, 0.25) is 0 Å². The first-order valence-corrected chi connectivity index (χ1v) is 11.5. The van der Waals surface area contributed by atoms with Crippen LogP contribution in [0.4, 0.5) is 0 Å². The van der Waals surface area contributed by atoms with Crippen LogP contribution in [0, 0.1) is 0 Å². The molecule has 0 rings (SSSR count). The van der Waals surface area contributed by atoms with Crippen LogP contribution in [-0.4, -0.2) is 14.7 Å². The first kappa shape index (κ1) is 16.4. The molecule has 5 heteroatoms. The van der Waals surface area contributed by atoms with Gasteiger partial charge in [-0.05, 0) is 0 Å². The van der Waals surface area contributed by atoms with Crippen molar-refractivity contribution < 1.29 is 38.9 Å². The molecule has 0 bridgehead atoms. The Morgan fingerprint density at radius 1 is 1.31 bits per heavy atom. The normalized spacial score (nSPS) is 8.69. The second-order valence-electron chi connectivity index (χ2n) is 2.76. The van der Waals surface area contributed by atoms with Crippen molar-refractivity contribution in [3.8, 4) is 0 Å². The van der Waals surface area contributed by atoms with Gasteiger partial charge in [0.25, 0.3) is 0 Å². The predicted molar refractivity (Wildman–Crippen MR) is 52.9 cm³/mol. The molecule has 3 N–H and O–H groups in total. The van der Waals surface area contributed by atoms with Gasteiger partial charge in [-0.3, -0.25) is 0 Å². The molecule has 0 atom stereocenters. The molecule has 0 aliphatic carbocycles. The molecule has 0 fully saturated rings. The summed E-state index contributed by atoms with van der Waals surface area (Å²) in [5, 5.41) is 0. The average Bonchev–Trinajstić information content (AvgIpc) is 2.03. The first-order chi connectivity index (χ1) is 6.15. The smallest absolute Gasteiger partial charge is 0.324 e. The second kappa shape index (κ2) is 15.4. The van der Waals surface area contributed by atoms with Crippen LogP contribution in [0.25, 0.3) is 0 Å². The van der Waals surface area contributed by atoms with Crippen LogP contribution in [0.15, 0.2) is 12.7 Å². The summed E-state index contributed by atoms with van der Waals surface area (Å²) in [5.41, 5.74) is 0. The van der Waals surface area contributed by atoms with Crippen molar-refractivity contribution in [2.24, 2.45) is 0 Å². The minimum atomic E-state index is -2.62. The number of hydrogen-bond donors (Lipinski definition) is 3. The molecule has 0 unspecified atom stereocenters. The predicted octanol–water partition coefficient (Wildman–Crippen LogP) is 2.47. The van der Waals surface area contributed by atoms with E-state index in [-0.39, 0.29) is 24.2 Å². The molecule has 0 saturated heterocycles. The Kier molecular flexibility index (Phi) is 19.5. The summed E-state index contributed by atoms with van der Waals surface area (Å²) in [5.74, 6) is 0. The SMILES string of the molecule is C=C[CH2][Cd][CH2]CCCC.OP(O)O. The molecule has 3 nitrogen and oxygen atoms in total. The Morgan fingerprint density at radius 3 is 2.23 bits per heavy atom. The van der Waals surface area contributed by atoms with Gasteiger partial charge in [0, 0.05) is 0 Å². The molecule has 0 aromatic heterocycles. The standard InChI is InChI=1S/C5H11.C3H5.Cd.H3O3P/c1-3-5-4-2;1-3-2;;1-4(2)3/h1,3-5H2,2H3;3H,1-2H2;;1-3H. The zero-order chi connectivity index (χ0) is 10.5. The summed E-state index contributed by atoms with van der Waals surface area (Å²) in [7, 11) is -2.62. The molecule has 0 heterocycles. The third-order valence-electron chi connectivity index (χ3n) is 1.51. The molecule has 0 spiro atoms. The number of rotatable bonds is 6. The van der Waals surface area contributed by atoms with E-state index in [2.05, 4.69) is 19.6 Å². The quantitative estimate of drug-likeness (QED) is 0.306. The van der Waals surface area contributed by atoms with Gasteiger partial charge in [-0.2, -0.15) is 0 Å². The third kappa shape index (κ3) is 32.1. The van der Waals surface area contributed by atoms with Gasteiger partial charge in [0.15, 0.2) is 0 Å². The Balaban J connectivity index is 0. The van der Waals surface area contributed by atoms with Crippen LogP contribution in [0.5, 0.6) is 0 Å². The molecule has 0 aliphatic rings. The van der Waals surface area contributed by atoms with Crippen LogP contribution in [0.1, 0.15) is 26.2 Å². The maximum atomic E-state index is 7.23. The summed E-state index contributed by atoms with van der Waals surface area (Å²) in [4.78, 5) is 21.7. The van der Waals surface area contributed by atoms with Gasteiger partial charge in [-0.1, -0.05) is 0 Å². The van der Waals surface area contributed by atoms with Gasteiger partial charge in [0.05, 0.1) is 0 Å². The molecule has 0 aromatic rings. The van der Waals surface area contributed by atoms with Crippen LogP contribution in [0.3, 0.4) is 0 Å². The minimum Gasteiger partial charge on any atom is -0.328 e. The van der Waals surface area contributed by atoms with E-state index in [0.29, 0.717) is 0 Å². The van der Waals surface area contributed by atoms with Crippen molar-refractivity contribution in [3.63, 3.8) is 0 Å². The van der Waals surface area contributed by atoms with E-state index >= 15 is 0 Å². The fourth-order valence-corrected chi connectivity index (χ4v) is 4.56. The third-order valence-corrected chi connectivity index (χ3v) is 6.70. The fourth-order valence-electron chi connectivity index (χ4n) is 0.892. The van der Waals surface area contributed by atoms with Gasteiger partial charge >= 0.3 is 79.6 Å². The molecular weight excluding hydrogens is 287 g/mol. The van der Waals surface area contributed by atoms with Crippen LogP contribution in [-0.2, 0) is 24.2 Å². The summed E-state index contributed by atoms with van der Waals surface area (Å²) < 4.78 is 3.01. The van der Waals surface area contributed by atoms with Crippen molar-refractivity contribution in [1.82, 2.24) is 0 Å². The van der Waals surface area contributed by atoms with E-state index in [4.69, 9.17) is 14.7 Å². The summed E-state index contributed by atoms with van der Waals surface area (Å²) in [6, 6.07) is 0. The van der Waals surface area contributed by atoms with E-state index in [1.807, 2.05) is 0 Å². The summed E-state index contributed by atoms with van der Waals surface area (Å²) in [6.45, 7) is 6.00. The number of unbranched alkanes of at least 4 members (excludes halogenated alkanes) is 2. The monoisotopic (exact) mass is 308 g/mol. The molecule has 76 valence electrons. The van der Waals surface area contributed by atoms with Crippen molar-refractivity contribution in [2.75, 3.05) is 0 Å². The number of allylic oxidation sites excluding steroid dienone is 1. The first-order valence-electron chi connectivity index (χ1n) is 4.62. The minimum absolute atomic E-state index is 0.272. The Bertz CT molecular complexity index is 98.6. The van der Waals surface area contributed by atoms with Crippen molar-refractivity contribution in [2.45, 2.75) is 34.1 Å². The van der Waals surface area contributed by atoms with E-state index in [1.165, 1.54) is 23.2 Å². The molecule has 0 amide bonds. The molecule has 0 aromatic carbocycles. The van der Waals surface area contributed by atoms with E-state index < -0.39 is 8.60 Å². The number of hydrogen-bond acceptors (Lipinski definition) is 3. The topological polar surface area (TPSA) is 60.7 Å². The maximum Gasteiger partial charge on any atom is 0.324 e. The van der Waals surface area contributed by atoms with Crippen LogP contribution in [0.2, 0.25) is 7.96 Å². The Morgan fingerprint density at radius 2 is 1.85 bits per heavy atom. The van der Waals surface area contributed by atoms with Crippen LogP contribution < -0.4 is 0 Å². The summed E-state index contributed by atoms with van der Waals surface area (Å²) in [6.07, 6.45) is 6.43. The van der Waals surface area contributed by atoms with Gasteiger partial charge < -0.3 is 14.7 Å². The van der Waals surface area contributed by atoms with Gasteiger partial charge in [-0.15, -0.1) is 0 Å². The zero-order valence-corrected chi connectivity index (χ0v) is 13.2. The molecule has 13 heavy (non-hydrogen) atoms. The van der Waals surface area contributed by atoms with Crippen molar-refractivity contribution in [1.29, 1.82) is 0 Å². The van der Waals surface area contributed by atoms with E-state index in [9.17, 15) is 0 Å².